The fourth-order valence-electron chi connectivity index (χ4n) is 3.50. The fraction of sp³-hybridized carbons (Fsp3) is 0.350. The summed E-state index contributed by atoms with van der Waals surface area (Å²) in [4.78, 5) is 31.1. The van der Waals surface area contributed by atoms with Gasteiger partial charge in [0.2, 0.25) is 5.91 Å². The highest BCUT2D eigenvalue weighted by molar-refractivity contribution is 7.14. The molecule has 0 aromatic carbocycles. The zero-order chi connectivity index (χ0) is 19.5. The molecule has 3 aromatic heterocycles. The smallest absolute Gasteiger partial charge is 0.260 e. The normalized spacial score (nSPS) is 15.0. The maximum absolute atomic E-state index is 12.6. The van der Waals surface area contributed by atoms with Gasteiger partial charge in [0, 0.05) is 36.9 Å². The minimum atomic E-state index is -0.259. The van der Waals surface area contributed by atoms with Crippen molar-refractivity contribution < 1.29 is 14.0 Å². The second kappa shape index (κ2) is 8.02. The summed E-state index contributed by atoms with van der Waals surface area (Å²) >= 11 is 1.32. The Bertz CT molecular complexity index is 952. The Balaban J connectivity index is 1.30. The van der Waals surface area contributed by atoms with E-state index in [2.05, 4.69) is 27.3 Å². The van der Waals surface area contributed by atoms with Crippen LogP contribution in [0.4, 0.5) is 5.13 Å². The minimum Gasteiger partial charge on any atom is -0.469 e. The molecule has 0 bridgehead atoms. The first-order chi connectivity index (χ1) is 13.6. The average molecular weight is 398 g/mol. The first-order valence-electron chi connectivity index (χ1n) is 9.30. The standard InChI is InChI=1S/C20H22N4O3S/c1-14-17(6-11-27-14)19(26)22-20-21-15(13-28-20)12-18(25)24-9-4-16(5-10-24)23-7-2-3-8-23/h2-3,6-8,11,13,16H,4-5,9-10,12H2,1H3,(H,21,22,26). The molecule has 0 radical (unpaired) electrons. The van der Waals surface area contributed by atoms with Gasteiger partial charge in [-0.05, 0) is 38.0 Å². The van der Waals surface area contributed by atoms with Gasteiger partial charge in [0.05, 0.1) is 23.9 Å². The first-order valence-corrected chi connectivity index (χ1v) is 10.2. The molecule has 0 atom stereocenters. The molecule has 0 aliphatic carbocycles. The Hall–Kier alpha value is -2.87. The maximum Gasteiger partial charge on any atom is 0.260 e. The summed E-state index contributed by atoms with van der Waals surface area (Å²) in [6.07, 6.45) is 7.82. The second-order valence-electron chi connectivity index (χ2n) is 6.91. The lowest BCUT2D eigenvalue weighted by molar-refractivity contribution is -0.131. The number of aryl methyl sites for hydroxylation is 1. The van der Waals surface area contributed by atoms with Gasteiger partial charge < -0.3 is 13.9 Å². The van der Waals surface area contributed by atoms with E-state index >= 15 is 0 Å². The molecule has 8 heteroatoms. The number of thiazole rings is 1. The van der Waals surface area contributed by atoms with E-state index in [1.165, 1.54) is 17.6 Å². The van der Waals surface area contributed by atoms with E-state index in [0.29, 0.717) is 28.2 Å². The van der Waals surface area contributed by atoms with Crippen LogP contribution < -0.4 is 5.32 Å². The molecule has 0 spiro atoms. The van der Waals surface area contributed by atoms with Crippen molar-refractivity contribution in [1.29, 1.82) is 0 Å². The van der Waals surface area contributed by atoms with Crippen molar-refractivity contribution in [3.05, 3.63) is 59.3 Å². The van der Waals surface area contributed by atoms with Gasteiger partial charge in [-0.2, -0.15) is 0 Å². The number of nitrogens with zero attached hydrogens (tertiary/aromatic N) is 3. The second-order valence-corrected chi connectivity index (χ2v) is 7.77. The zero-order valence-electron chi connectivity index (χ0n) is 15.6. The van der Waals surface area contributed by atoms with Gasteiger partial charge in [0.1, 0.15) is 5.76 Å². The molecule has 1 N–H and O–H groups in total. The fourth-order valence-corrected chi connectivity index (χ4v) is 4.21. The lowest BCUT2D eigenvalue weighted by Gasteiger charge is -2.32. The number of piperidine rings is 1. The number of carbonyl (C=O) groups excluding carboxylic acids is 2. The van der Waals surface area contributed by atoms with Crippen molar-refractivity contribution in [1.82, 2.24) is 14.5 Å². The van der Waals surface area contributed by atoms with Gasteiger partial charge in [-0.3, -0.25) is 14.9 Å². The Labute approximate surface area is 167 Å². The van der Waals surface area contributed by atoms with Gasteiger partial charge in [0.25, 0.3) is 5.91 Å². The first kappa shape index (κ1) is 18.5. The SMILES string of the molecule is Cc1occc1C(=O)Nc1nc(CC(=O)N2CCC(n3cccc3)CC2)cs1. The van der Waals surface area contributed by atoms with Crippen LogP contribution in [-0.2, 0) is 11.2 Å². The van der Waals surface area contributed by atoms with E-state index < -0.39 is 0 Å². The molecule has 1 fully saturated rings. The molecule has 146 valence electrons. The predicted molar refractivity (Wildman–Crippen MR) is 106 cm³/mol. The van der Waals surface area contributed by atoms with E-state index in [1.54, 1.807) is 13.0 Å². The highest BCUT2D eigenvalue weighted by Crippen LogP contribution is 2.24. The molecule has 1 saturated heterocycles. The summed E-state index contributed by atoms with van der Waals surface area (Å²) in [6.45, 7) is 3.25. The molecular weight excluding hydrogens is 376 g/mol. The molecule has 0 unspecified atom stereocenters. The molecule has 7 nitrogen and oxygen atoms in total. The van der Waals surface area contributed by atoms with Crippen LogP contribution in [0.2, 0.25) is 0 Å². The summed E-state index contributed by atoms with van der Waals surface area (Å²) in [5, 5.41) is 5.07. The summed E-state index contributed by atoms with van der Waals surface area (Å²) in [5.74, 6) is 0.387. The van der Waals surface area contributed by atoms with Crippen molar-refractivity contribution >= 4 is 28.3 Å². The highest BCUT2D eigenvalue weighted by atomic mass is 32.1. The van der Waals surface area contributed by atoms with Crippen LogP contribution in [-0.4, -0.2) is 39.4 Å². The van der Waals surface area contributed by atoms with Crippen molar-refractivity contribution in [3.63, 3.8) is 0 Å². The summed E-state index contributed by atoms with van der Waals surface area (Å²) in [7, 11) is 0. The number of likely N-dealkylation sites (tertiary alicyclic amines) is 1. The molecule has 4 rings (SSSR count). The average Bonchev–Trinajstić information content (AvgIpc) is 3.44. The van der Waals surface area contributed by atoms with E-state index in [4.69, 9.17) is 4.42 Å². The van der Waals surface area contributed by atoms with Crippen LogP contribution >= 0.6 is 11.3 Å². The topological polar surface area (TPSA) is 80.4 Å². The van der Waals surface area contributed by atoms with Crippen LogP contribution in [0, 0.1) is 6.92 Å². The quantitative estimate of drug-likeness (QED) is 0.713. The van der Waals surface area contributed by atoms with Crippen LogP contribution in [0.5, 0.6) is 0 Å². The van der Waals surface area contributed by atoms with Crippen LogP contribution in [0.1, 0.15) is 40.7 Å². The van der Waals surface area contributed by atoms with Crippen LogP contribution in [0.3, 0.4) is 0 Å². The van der Waals surface area contributed by atoms with Gasteiger partial charge in [-0.25, -0.2) is 4.98 Å². The number of carbonyl (C=O) groups is 2. The third-order valence-corrected chi connectivity index (χ3v) is 5.88. The van der Waals surface area contributed by atoms with E-state index in [0.717, 1.165) is 25.9 Å². The monoisotopic (exact) mass is 398 g/mol. The molecule has 1 aliphatic rings. The van der Waals surface area contributed by atoms with E-state index in [9.17, 15) is 9.59 Å². The third kappa shape index (κ3) is 4.01. The molecular formula is C20H22N4O3S. The number of hydrogen-bond donors (Lipinski definition) is 1. The predicted octanol–water partition coefficient (Wildman–Crippen LogP) is 3.50. The largest absolute Gasteiger partial charge is 0.469 e. The minimum absolute atomic E-state index is 0.0832. The van der Waals surface area contributed by atoms with Crippen molar-refractivity contribution in [3.8, 4) is 0 Å². The molecule has 4 heterocycles. The number of hydrogen-bond acceptors (Lipinski definition) is 5. The van der Waals surface area contributed by atoms with Crippen LogP contribution in [0.25, 0.3) is 0 Å². The Morgan fingerprint density at radius 1 is 1.29 bits per heavy atom. The number of nitrogens with one attached hydrogen (secondary N) is 1. The lowest BCUT2D eigenvalue weighted by atomic mass is 10.0. The van der Waals surface area contributed by atoms with Gasteiger partial charge in [-0.1, -0.05) is 0 Å². The Kier molecular flexibility index (Phi) is 5.29. The summed E-state index contributed by atoms with van der Waals surface area (Å²) in [6, 6.07) is 6.15. The number of amides is 2. The van der Waals surface area contributed by atoms with Crippen molar-refractivity contribution in [2.24, 2.45) is 0 Å². The zero-order valence-corrected chi connectivity index (χ0v) is 16.4. The van der Waals surface area contributed by atoms with Crippen molar-refractivity contribution in [2.45, 2.75) is 32.2 Å². The Morgan fingerprint density at radius 3 is 2.71 bits per heavy atom. The molecule has 28 heavy (non-hydrogen) atoms. The molecule has 2 amide bonds. The number of rotatable bonds is 5. The number of anilines is 1. The molecule has 0 saturated carbocycles. The number of furan rings is 1. The number of aromatic nitrogens is 2. The van der Waals surface area contributed by atoms with Crippen molar-refractivity contribution in [2.75, 3.05) is 18.4 Å². The van der Waals surface area contributed by atoms with Gasteiger partial charge in [-0.15, -0.1) is 11.3 Å². The van der Waals surface area contributed by atoms with Gasteiger partial charge in [0.15, 0.2) is 5.13 Å². The maximum atomic E-state index is 12.6. The Morgan fingerprint density at radius 2 is 2.04 bits per heavy atom. The third-order valence-electron chi connectivity index (χ3n) is 5.07. The van der Waals surface area contributed by atoms with Gasteiger partial charge >= 0.3 is 0 Å². The molecule has 3 aromatic rings. The van der Waals surface area contributed by atoms with Crippen LogP contribution in [0.15, 0.2) is 46.7 Å². The van der Waals surface area contributed by atoms with E-state index in [-0.39, 0.29) is 18.2 Å². The lowest BCUT2D eigenvalue weighted by Crippen LogP contribution is -2.39. The summed E-state index contributed by atoms with van der Waals surface area (Å²) in [5.41, 5.74) is 1.17. The summed E-state index contributed by atoms with van der Waals surface area (Å²) < 4.78 is 7.37. The highest BCUT2D eigenvalue weighted by Gasteiger charge is 2.24. The molecule has 1 aliphatic heterocycles. The van der Waals surface area contributed by atoms with E-state index in [1.807, 2.05) is 22.4 Å².